The number of piperazine rings is 1. The molecule has 2 aromatic rings. The molecule has 11 heteroatoms. The third-order valence-electron chi connectivity index (χ3n) is 4.90. The first-order valence-electron chi connectivity index (χ1n) is 9.80. The van der Waals surface area contributed by atoms with E-state index in [0.29, 0.717) is 5.56 Å². The molecule has 0 aromatic heterocycles. The van der Waals surface area contributed by atoms with E-state index >= 15 is 0 Å². The third-order valence-corrected chi connectivity index (χ3v) is 6.81. The van der Waals surface area contributed by atoms with Gasteiger partial charge in [0.05, 0.1) is 28.6 Å². The summed E-state index contributed by atoms with van der Waals surface area (Å²) in [4.78, 5) is 13.8. The Hall–Kier alpha value is -3.54. The molecule has 7 nitrogen and oxygen atoms in total. The second-order valence-corrected chi connectivity index (χ2v) is 9.00. The standard InChI is InChI=1S/C22H19F3N4O3S/c23-22(24,25)19-5-1-3-17(15-19)4-2-10-27-21(30)28-11-13-29(14-12-28)33(31,32)20-8-6-18(16-26)7-9-20/h1,3,5-9,15H,10-14H2,(H,27,30). The largest absolute Gasteiger partial charge is 0.416 e. The summed E-state index contributed by atoms with van der Waals surface area (Å²) in [5.74, 6) is 5.19. The molecule has 1 heterocycles. The number of nitrogens with one attached hydrogen (secondary N) is 1. The number of urea groups is 1. The second kappa shape index (κ2) is 9.94. The first-order valence-corrected chi connectivity index (χ1v) is 11.2. The first-order chi connectivity index (χ1) is 15.6. The Morgan fingerprint density at radius 1 is 1.03 bits per heavy atom. The molecule has 0 bridgehead atoms. The van der Waals surface area contributed by atoms with Gasteiger partial charge in [-0.05, 0) is 42.5 Å². The highest BCUT2D eigenvalue weighted by Crippen LogP contribution is 2.29. The van der Waals surface area contributed by atoms with Crippen LogP contribution in [0, 0.1) is 23.2 Å². The van der Waals surface area contributed by atoms with E-state index in [2.05, 4.69) is 17.2 Å². The van der Waals surface area contributed by atoms with Gasteiger partial charge in [-0.3, -0.25) is 0 Å². The van der Waals surface area contributed by atoms with Gasteiger partial charge in [-0.15, -0.1) is 0 Å². The number of amides is 2. The summed E-state index contributed by atoms with van der Waals surface area (Å²) in [6.45, 7) is 0.473. The number of rotatable bonds is 3. The average molecular weight is 476 g/mol. The lowest BCUT2D eigenvalue weighted by Crippen LogP contribution is -2.53. The quantitative estimate of drug-likeness (QED) is 0.690. The number of halogens is 3. The van der Waals surface area contributed by atoms with Crippen LogP contribution in [0.15, 0.2) is 53.4 Å². The zero-order valence-corrected chi connectivity index (χ0v) is 18.1. The minimum Gasteiger partial charge on any atom is -0.327 e. The molecule has 1 aliphatic heterocycles. The molecule has 33 heavy (non-hydrogen) atoms. The van der Waals surface area contributed by atoms with Gasteiger partial charge in [-0.25, -0.2) is 13.2 Å². The highest BCUT2D eigenvalue weighted by Gasteiger charge is 2.31. The number of alkyl halides is 3. The van der Waals surface area contributed by atoms with Crippen molar-refractivity contribution in [2.75, 3.05) is 32.7 Å². The number of carbonyl (C=O) groups excluding carboxylic acids is 1. The van der Waals surface area contributed by atoms with Gasteiger partial charge >= 0.3 is 12.2 Å². The van der Waals surface area contributed by atoms with Crippen LogP contribution in [0.1, 0.15) is 16.7 Å². The molecular weight excluding hydrogens is 457 g/mol. The molecule has 0 aliphatic carbocycles. The van der Waals surface area contributed by atoms with Crippen molar-refractivity contribution < 1.29 is 26.4 Å². The van der Waals surface area contributed by atoms with E-state index in [9.17, 15) is 26.4 Å². The Kier molecular flexibility index (Phi) is 7.26. The van der Waals surface area contributed by atoms with E-state index in [1.807, 2.05) is 6.07 Å². The van der Waals surface area contributed by atoms with Gasteiger partial charge in [0.2, 0.25) is 10.0 Å². The Bertz CT molecular complexity index is 1220. The van der Waals surface area contributed by atoms with Gasteiger partial charge < -0.3 is 10.2 Å². The molecule has 1 saturated heterocycles. The molecule has 0 spiro atoms. The fourth-order valence-corrected chi connectivity index (χ4v) is 4.56. The lowest BCUT2D eigenvalue weighted by atomic mass is 10.1. The summed E-state index contributed by atoms with van der Waals surface area (Å²) >= 11 is 0. The molecule has 1 N–H and O–H groups in total. The van der Waals surface area contributed by atoms with Crippen molar-refractivity contribution in [1.29, 1.82) is 5.26 Å². The molecular formula is C22H19F3N4O3S. The zero-order valence-electron chi connectivity index (χ0n) is 17.3. The number of hydrogen-bond acceptors (Lipinski definition) is 4. The zero-order chi connectivity index (χ0) is 24.1. The summed E-state index contributed by atoms with van der Waals surface area (Å²) in [5, 5.41) is 11.4. The fraction of sp³-hybridized carbons (Fsp3) is 0.273. The highest BCUT2D eigenvalue weighted by molar-refractivity contribution is 7.89. The van der Waals surface area contributed by atoms with Crippen LogP contribution in [-0.4, -0.2) is 56.4 Å². The molecule has 0 radical (unpaired) electrons. The number of nitrogens with zero attached hydrogens (tertiary/aromatic N) is 3. The summed E-state index contributed by atoms with van der Waals surface area (Å²) in [7, 11) is -3.74. The van der Waals surface area contributed by atoms with Crippen LogP contribution in [0.2, 0.25) is 0 Å². The molecule has 0 unspecified atom stereocenters. The lowest BCUT2D eigenvalue weighted by molar-refractivity contribution is -0.137. The Morgan fingerprint density at radius 2 is 1.70 bits per heavy atom. The van der Waals surface area contributed by atoms with Crippen molar-refractivity contribution in [3.63, 3.8) is 0 Å². The summed E-state index contributed by atoms with van der Waals surface area (Å²) in [6, 6.07) is 11.7. The van der Waals surface area contributed by atoms with E-state index in [4.69, 9.17) is 5.26 Å². The molecule has 0 atom stereocenters. The topological polar surface area (TPSA) is 93.5 Å². The van der Waals surface area contributed by atoms with E-state index in [0.717, 1.165) is 12.1 Å². The second-order valence-electron chi connectivity index (χ2n) is 7.07. The monoisotopic (exact) mass is 476 g/mol. The van der Waals surface area contributed by atoms with Crippen LogP contribution < -0.4 is 5.32 Å². The molecule has 2 amide bonds. The maximum absolute atomic E-state index is 12.7. The predicted octanol–water partition coefficient (Wildman–Crippen LogP) is 2.64. The summed E-state index contributed by atoms with van der Waals surface area (Å²) in [6.07, 6.45) is -4.46. The van der Waals surface area contributed by atoms with Gasteiger partial charge in [-0.1, -0.05) is 17.9 Å². The summed E-state index contributed by atoms with van der Waals surface area (Å²) < 4.78 is 64.9. The number of carbonyl (C=O) groups is 1. The van der Waals surface area contributed by atoms with Crippen molar-refractivity contribution in [1.82, 2.24) is 14.5 Å². The molecule has 1 fully saturated rings. The Balaban J connectivity index is 1.51. The fourth-order valence-electron chi connectivity index (χ4n) is 3.13. The number of hydrogen-bond donors (Lipinski definition) is 1. The van der Waals surface area contributed by atoms with Crippen LogP contribution >= 0.6 is 0 Å². The Morgan fingerprint density at radius 3 is 2.30 bits per heavy atom. The van der Waals surface area contributed by atoms with Crippen LogP contribution in [-0.2, 0) is 16.2 Å². The van der Waals surface area contributed by atoms with Crippen LogP contribution in [0.3, 0.4) is 0 Å². The Labute approximate surface area is 189 Å². The van der Waals surface area contributed by atoms with Crippen molar-refractivity contribution in [3.05, 3.63) is 65.2 Å². The number of benzene rings is 2. The minimum atomic E-state index is -4.46. The molecule has 3 rings (SSSR count). The number of sulfonamides is 1. The van der Waals surface area contributed by atoms with Crippen molar-refractivity contribution in [2.45, 2.75) is 11.1 Å². The van der Waals surface area contributed by atoms with E-state index in [1.54, 1.807) is 0 Å². The lowest BCUT2D eigenvalue weighted by Gasteiger charge is -2.33. The van der Waals surface area contributed by atoms with Gasteiger partial charge in [0.15, 0.2) is 0 Å². The van der Waals surface area contributed by atoms with Crippen LogP contribution in [0.4, 0.5) is 18.0 Å². The van der Waals surface area contributed by atoms with E-state index in [1.165, 1.54) is 45.6 Å². The smallest absolute Gasteiger partial charge is 0.327 e. The van der Waals surface area contributed by atoms with Gasteiger partial charge in [-0.2, -0.15) is 22.7 Å². The van der Waals surface area contributed by atoms with Crippen molar-refractivity contribution in [2.24, 2.45) is 0 Å². The van der Waals surface area contributed by atoms with Crippen molar-refractivity contribution in [3.8, 4) is 17.9 Å². The third kappa shape index (κ3) is 6.04. The maximum atomic E-state index is 12.7. The maximum Gasteiger partial charge on any atom is 0.416 e. The first kappa shape index (κ1) is 24.1. The van der Waals surface area contributed by atoms with E-state index in [-0.39, 0.29) is 43.2 Å². The molecule has 0 saturated carbocycles. The van der Waals surface area contributed by atoms with Gasteiger partial charge in [0.1, 0.15) is 0 Å². The minimum absolute atomic E-state index is 0.0706. The van der Waals surface area contributed by atoms with Gasteiger partial charge in [0.25, 0.3) is 0 Å². The van der Waals surface area contributed by atoms with E-state index < -0.39 is 27.8 Å². The van der Waals surface area contributed by atoms with Crippen LogP contribution in [0.5, 0.6) is 0 Å². The van der Waals surface area contributed by atoms with Crippen LogP contribution in [0.25, 0.3) is 0 Å². The molecule has 172 valence electrons. The van der Waals surface area contributed by atoms with Crippen molar-refractivity contribution >= 4 is 16.1 Å². The number of nitriles is 1. The highest BCUT2D eigenvalue weighted by atomic mass is 32.2. The van der Waals surface area contributed by atoms with Gasteiger partial charge in [0, 0.05) is 31.7 Å². The summed E-state index contributed by atoms with van der Waals surface area (Å²) in [5.41, 5.74) is -0.264. The average Bonchev–Trinajstić information content (AvgIpc) is 2.81. The molecule has 2 aromatic carbocycles. The SMILES string of the molecule is N#Cc1ccc(S(=O)(=O)N2CCN(C(=O)NCC#Cc3cccc(C(F)(F)F)c3)CC2)cc1. The normalized spacial score (nSPS) is 14.7. The molecule has 1 aliphatic rings. The predicted molar refractivity (Wildman–Crippen MR) is 113 cm³/mol.